The van der Waals surface area contributed by atoms with Gasteiger partial charge >= 0.3 is 0 Å². The zero-order valence-corrected chi connectivity index (χ0v) is 8.94. The summed E-state index contributed by atoms with van der Waals surface area (Å²) in [5.74, 6) is 3.75. The normalized spacial score (nSPS) is 20.4. The number of carbonyl (C=O) groups excluding carboxylic acids is 1. The van der Waals surface area contributed by atoms with Gasteiger partial charge in [0.2, 0.25) is 5.91 Å². The van der Waals surface area contributed by atoms with Gasteiger partial charge in [-0.1, -0.05) is 5.92 Å². The monoisotopic (exact) mass is 213 g/mol. The van der Waals surface area contributed by atoms with E-state index in [9.17, 15) is 4.79 Å². The van der Waals surface area contributed by atoms with E-state index in [1.54, 1.807) is 11.8 Å². The minimum absolute atomic E-state index is 0.00551. The molecule has 78 valence electrons. The first-order valence-corrected chi connectivity index (χ1v) is 5.88. The van der Waals surface area contributed by atoms with Gasteiger partial charge in [0.05, 0.1) is 18.4 Å². The molecule has 3 nitrogen and oxygen atoms in total. The largest absolute Gasteiger partial charge is 0.377 e. The molecule has 0 unspecified atom stereocenters. The van der Waals surface area contributed by atoms with Crippen LogP contribution in [-0.4, -0.2) is 36.7 Å². The zero-order chi connectivity index (χ0) is 10.2. The first kappa shape index (κ1) is 11.4. The molecule has 1 aliphatic rings. The van der Waals surface area contributed by atoms with Gasteiger partial charge in [-0.2, -0.15) is 0 Å². The van der Waals surface area contributed by atoms with Gasteiger partial charge < -0.3 is 10.1 Å². The Hall–Kier alpha value is -0.660. The lowest BCUT2D eigenvalue weighted by atomic mass is 10.3. The third kappa shape index (κ3) is 4.54. The summed E-state index contributed by atoms with van der Waals surface area (Å²) in [6.07, 6.45) is 7.63. The van der Waals surface area contributed by atoms with Crippen LogP contribution in [0.1, 0.15) is 12.8 Å². The minimum atomic E-state index is 0.00551. The molecule has 0 radical (unpaired) electrons. The molecule has 0 aromatic rings. The highest BCUT2D eigenvalue weighted by Gasteiger charge is 2.15. The summed E-state index contributed by atoms with van der Waals surface area (Å²) in [6, 6.07) is 0. The highest BCUT2D eigenvalue weighted by atomic mass is 32.2. The Kier molecular flexibility index (Phi) is 5.50. The van der Waals surface area contributed by atoms with Gasteiger partial charge in [-0.15, -0.1) is 18.2 Å². The maximum Gasteiger partial charge on any atom is 0.230 e. The van der Waals surface area contributed by atoms with E-state index in [0.29, 0.717) is 18.4 Å². The summed E-state index contributed by atoms with van der Waals surface area (Å²) in [4.78, 5) is 11.1. The Balaban J connectivity index is 1.97. The number of nitrogens with one attached hydrogen (secondary N) is 1. The lowest BCUT2D eigenvalue weighted by Gasteiger charge is -2.07. The van der Waals surface area contributed by atoms with E-state index in [2.05, 4.69) is 11.2 Å². The van der Waals surface area contributed by atoms with Crippen molar-refractivity contribution < 1.29 is 9.53 Å². The first-order chi connectivity index (χ1) is 6.83. The van der Waals surface area contributed by atoms with Gasteiger partial charge in [-0.3, -0.25) is 4.79 Å². The molecule has 1 heterocycles. The van der Waals surface area contributed by atoms with Crippen molar-refractivity contribution in [2.24, 2.45) is 0 Å². The first-order valence-electron chi connectivity index (χ1n) is 4.72. The van der Waals surface area contributed by atoms with E-state index < -0.39 is 0 Å². The van der Waals surface area contributed by atoms with Crippen LogP contribution < -0.4 is 5.32 Å². The number of thioether (sulfide) groups is 1. The molecule has 0 aromatic heterocycles. The van der Waals surface area contributed by atoms with Crippen molar-refractivity contribution in [2.75, 3.05) is 24.7 Å². The van der Waals surface area contributed by atoms with Crippen molar-refractivity contribution in [2.45, 2.75) is 18.9 Å². The van der Waals surface area contributed by atoms with E-state index in [4.69, 9.17) is 11.2 Å². The van der Waals surface area contributed by atoms with E-state index in [0.717, 1.165) is 25.2 Å². The van der Waals surface area contributed by atoms with Gasteiger partial charge in [0, 0.05) is 12.4 Å². The van der Waals surface area contributed by atoms with Gasteiger partial charge in [0.25, 0.3) is 0 Å². The van der Waals surface area contributed by atoms with Crippen molar-refractivity contribution in [3.63, 3.8) is 0 Å². The molecule has 0 aliphatic carbocycles. The summed E-state index contributed by atoms with van der Waals surface area (Å²) in [5, 5.41) is 2.62. The number of carbonyl (C=O) groups is 1. The van der Waals surface area contributed by atoms with Crippen LogP contribution >= 0.6 is 11.8 Å². The average Bonchev–Trinajstić information content (AvgIpc) is 2.67. The molecule has 1 saturated heterocycles. The molecule has 0 bridgehead atoms. The van der Waals surface area contributed by atoms with E-state index in [-0.39, 0.29) is 5.91 Å². The molecule has 1 fully saturated rings. The maximum atomic E-state index is 11.1. The van der Waals surface area contributed by atoms with Gasteiger partial charge in [0.15, 0.2) is 0 Å². The van der Waals surface area contributed by atoms with Crippen LogP contribution in [0.4, 0.5) is 0 Å². The molecular formula is C10H15NO2S. The van der Waals surface area contributed by atoms with Crippen molar-refractivity contribution in [3.05, 3.63) is 0 Å². The Morgan fingerprint density at radius 1 is 1.71 bits per heavy atom. The fourth-order valence-electron chi connectivity index (χ4n) is 1.26. The fourth-order valence-corrected chi connectivity index (χ4v) is 2.19. The molecule has 0 spiro atoms. The van der Waals surface area contributed by atoms with Crippen molar-refractivity contribution >= 4 is 17.7 Å². The fraction of sp³-hybridized carbons (Fsp3) is 0.700. The third-order valence-corrected chi connectivity index (χ3v) is 3.02. The topological polar surface area (TPSA) is 38.3 Å². The van der Waals surface area contributed by atoms with Gasteiger partial charge in [-0.05, 0) is 12.8 Å². The highest BCUT2D eigenvalue weighted by Crippen LogP contribution is 2.16. The molecule has 4 heteroatoms. The Morgan fingerprint density at radius 3 is 3.21 bits per heavy atom. The number of hydrogen-bond donors (Lipinski definition) is 1. The minimum Gasteiger partial charge on any atom is -0.377 e. The highest BCUT2D eigenvalue weighted by molar-refractivity contribution is 7.99. The smallest absolute Gasteiger partial charge is 0.230 e. The van der Waals surface area contributed by atoms with Gasteiger partial charge in [-0.25, -0.2) is 0 Å². The van der Waals surface area contributed by atoms with Crippen molar-refractivity contribution in [3.8, 4) is 12.3 Å². The molecule has 1 N–H and O–H groups in total. The molecule has 1 rings (SSSR count). The zero-order valence-electron chi connectivity index (χ0n) is 8.12. The number of ether oxygens (including phenoxy) is 1. The number of hydrogen-bond acceptors (Lipinski definition) is 3. The van der Waals surface area contributed by atoms with Crippen LogP contribution in [0, 0.1) is 12.3 Å². The van der Waals surface area contributed by atoms with Crippen molar-refractivity contribution in [1.82, 2.24) is 5.32 Å². The lowest BCUT2D eigenvalue weighted by Crippen LogP contribution is -2.26. The second-order valence-electron chi connectivity index (χ2n) is 3.13. The molecule has 1 aliphatic heterocycles. The number of amides is 1. The van der Waals surface area contributed by atoms with Crippen LogP contribution in [0.15, 0.2) is 0 Å². The lowest BCUT2D eigenvalue weighted by molar-refractivity contribution is -0.118. The van der Waals surface area contributed by atoms with Gasteiger partial charge in [0.1, 0.15) is 0 Å². The Morgan fingerprint density at radius 2 is 2.57 bits per heavy atom. The molecule has 14 heavy (non-hydrogen) atoms. The molecular weight excluding hydrogens is 198 g/mol. The number of terminal acetylenes is 1. The second-order valence-corrected chi connectivity index (χ2v) is 4.16. The van der Waals surface area contributed by atoms with Crippen molar-refractivity contribution in [1.29, 1.82) is 0 Å². The SMILES string of the molecule is C#CCNC(=O)CSC[C@H]1CCCO1. The number of rotatable bonds is 5. The summed E-state index contributed by atoms with van der Waals surface area (Å²) in [6.45, 7) is 1.19. The average molecular weight is 213 g/mol. The van der Waals surface area contributed by atoms with Crippen LogP contribution in [0.5, 0.6) is 0 Å². The standard InChI is InChI=1S/C10H15NO2S/c1-2-5-11-10(12)8-14-7-9-4-3-6-13-9/h1,9H,3-8H2,(H,11,12)/t9-/m1/s1. The molecule has 1 amide bonds. The van der Waals surface area contributed by atoms with Crippen LogP contribution in [0.2, 0.25) is 0 Å². The summed E-state index contributed by atoms with van der Waals surface area (Å²) < 4.78 is 5.43. The van der Waals surface area contributed by atoms with Crippen LogP contribution in [0.25, 0.3) is 0 Å². The van der Waals surface area contributed by atoms with E-state index in [1.807, 2.05) is 0 Å². The summed E-state index contributed by atoms with van der Waals surface area (Å²) in [7, 11) is 0. The predicted molar refractivity (Wildman–Crippen MR) is 58.1 cm³/mol. The van der Waals surface area contributed by atoms with Crippen LogP contribution in [0.3, 0.4) is 0 Å². The molecule has 1 atom stereocenters. The van der Waals surface area contributed by atoms with E-state index in [1.165, 1.54) is 0 Å². The summed E-state index contributed by atoms with van der Waals surface area (Å²) >= 11 is 1.60. The van der Waals surface area contributed by atoms with Crippen LogP contribution in [-0.2, 0) is 9.53 Å². The maximum absolute atomic E-state index is 11.1. The quantitative estimate of drug-likeness (QED) is 0.681. The van der Waals surface area contributed by atoms with E-state index >= 15 is 0 Å². The molecule has 0 aromatic carbocycles. The third-order valence-electron chi connectivity index (χ3n) is 1.95. The Labute approximate surface area is 89.0 Å². The molecule has 0 saturated carbocycles. The predicted octanol–water partition coefficient (Wildman–Crippen LogP) is 0.648. The second kappa shape index (κ2) is 6.74. The summed E-state index contributed by atoms with van der Waals surface area (Å²) in [5.41, 5.74) is 0. The Bertz CT molecular complexity index is 219.